The largest absolute Gasteiger partial charge is 0.248 e. The first-order valence-electron chi connectivity index (χ1n) is 8.93. The molecule has 1 heterocycles. The lowest BCUT2D eigenvalue weighted by Gasteiger charge is -2.10. The number of rotatable bonds is 7. The van der Waals surface area contributed by atoms with E-state index in [-0.39, 0.29) is 0 Å². The van der Waals surface area contributed by atoms with Gasteiger partial charge >= 0.3 is 0 Å². The van der Waals surface area contributed by atoms with Gasteiger partial charge in [0.1, 0.15) is 0 Å². The van der Waals surface area contributed by atoms with Crippen LogP contribution in [0.3, 0.4) is 0 Å². The average molecular weight is 315 g/mol. The van der Waals surface area contributed by atoms with Crippen molar-refractivity contribution < 1.29 is 0 Å². The van der Waals surface area contributed by atoms with Crippen LogP contribution in [0.1, 0.15) is 43.9 Å². The number of hydrogen-bond donors (Lipinski definition) is 0. The van der Waals surface area contributed by atoms with E-state index in [9.17, 15) is 0 Å². The van der Waals surface area contributed by atoms with Gasteiger partial charge in [-0.1, -0.05) is 69.2 Å². The monoisotopic (exact) mass is 315 g/mol. The molecule has 0 saturated heterocycles. The van der Waals surface area contributed by atoms with Crippen molar-refractivity contribution in [2.45, 2.75) is 39.0 Å². The third kappa shape index (κ3) is 3.73. The molecule has 3 rings (SSSR count). The number of pyridine rings is 1. The summed E-state index contributed by atoms with van der Waals surface area (Å²) in [5.41, 5.74) is 5.85. The van der Waals surface area contributed by atoms with Gasteiger partial charge in [0.2, 0.25) is 0 Å². The third-order valence-electron chi connectivity index (χ3n) is 4.51. The van der Waals surface area contributed by atoms with Crippen LogP contribution in [0.5, 0.6) is 0 Å². The third-order valence-corrected chi connectivity index (χ3v) is 4.51. The number of nitrogens with zero attached hydrogens (tertiary/aromatic N) is 1. The van der Waals surface area contributed by atoms with E-state index in [1.165, 1.54) is 47.8 Å². The molecule has 122 valence electrons. The van der Waals surface area contributed by atoms with Crippen molar-refractivity contribution in [1.82, 2.24) is 4.98 Å². The summed E-state index contributed by atoms with van der Waals surface area (Å²) in [5, 5.41) is 1.24. The topological polar surface area (TPSA) is 12.9 Å². The molecule has 0 fully saturated rings. The molecule has 3 aromatic rings. The lowest BCUT2D eigenvalue weighted by atomic mass is 9.97. The second kappa shape index (κ2) is 7.92. The van der Waals surface area contributed by atoms with Crippen molar-refractivity contribution in [1.29, 1.82) is 0 Å². The predicted octanol–water partition coefficient (Wildman–Crippen LogP) is 6.67. The molecular formula is C23H25N. The average Bonchev–Trinajstić information content (AvgIpc) is 2.65. The Morgan fingerprint density at radius 3 is 2.54 bits per heavy atom. The quantitative estimate of drug-likeness (QED) is 0.444. The first kappa shape index (κ1) is 16.4. The van der Waals surface area contributed by atoms with Gasteiger partial charge in [0.25, 0.3) is 0 Å². The van der Waals surface area contributed by atoms with E-state index >= 15 is 0 Å². The molecule has 1 heteroatoms. The highest BCUT2D eigenvalue weighted by Crippen LogP contribution is 2.30. The van der Waals surface area contributed by atoms with Crippen LogP contribution < -0.4 is 0 Å². The zero-order chi connectivity index (χ0) is 16.8. The maximum absolute atomic E-state index is 4.71. The van der Waals surface area contributed by atoms with Crippen LogP contribution in [0, 0.1) is 0 Å². The summed E-state index contributed by atoms with van der Waals surface area (Å²) < 4.78 is 0. The molecule has 0 N–H and O–H groups in total. The summed E-state index contributed by atoms with van der Waals surface area (Å²) >= 11 is 0. The minimum absolute atomic E-state index is 0.928. The van der Waals surface area contributed by atoms with Crippen molar-refractivity contribution in [3.8, 4) is 11.1 Å². The van der Waals surface area contributed by atoms with Crippen LogP contribution >= 0.6 is 0 Å². The molecule has 0 aliphatic rings. The Labute approximate surface area is 145 Å². The number of unbranched alkanes of at least 4 members (excludes halogenated alkanes) is 3. The molecule has 0 unspecified atom stereocenters. The summed E-state index contributed by atoms with van der Waals surface area (Å²) in [6.45, 7) is 6.14. The van der Waals surface area contributed by atoms with Gasteiger partial charge in [-0.3, -0.25) is 0 Å². The molecular weight excluding hydrogens is 290 g/mol. The molecule has 1 nitrogen and oxygen atoms in total. The second-order valence-electron chi connectivity index (χ2n) is 6.33. The molecule has 0 amide bonds. The van der Waals surface area contributed by atoms with Gasteiger partial charge in [-0.15, -0.1) is 0 Å². The molecule has 0 aliphatic carbocycles. The molecule has 0 bridgehead atoms. The van der Waals surface area contributed by atoms with E-state index in [0.717, 1.165) is 17.6 Å². The summed E-state index contributed by atoms with van der Waals surface area (Å²) in [5.74, 6) is 0. The maximum atomic E-state index is 4.71. The van der Waals surface area contributed by atoms with Crippen LogP contribution in [-0.4, -0.2) is 4.98 Å². The number of aromatic nitrogens is 1. The first-order valence-corrected chi connectivity index (χ1v) is 8.93. The van der Waals surface area contributed by atoms with Crippen molar-refractivity contribution >= 4 is 17.0 Å². The van der Waals surface area contributed by atoms with Gasteiger partial charge in [0.05, 0.1) is 11.2 Å². The highest BCUT2D eigenvalue weighted by Gasteiger charge is 2.08. The molecule has 2 aromatic carbocycles. The van der Waals surface area contributed by atoms with Gasteiger partial charge in [-0.2, -0.15) is 0 Å². The van der Waals surface area contributed by atoms with Gasteiger partial charge in [0, 0.05) is 5.39 Å². The molecule has 0 atom stereocenters. The molecule has 0 aliphatic heterocycles. The lowest BCUT2D eigenvalue weighted by Crippen LogP contribution is -1.92. The summed E-state index contributed by atoms with van der Waals surface area (Å²) in [7, 11) is 0. The van der Waals surface area contributed by atoms with E-state index < -0.39 is 0 Å². The first-order chi connectivity index (χ1) is 11.8. The zero-order valence-corrected chi connectivity index (χ0v) is 14.5. The van der Waals surface area contributed by atoms with Crippen LogP contribution in [0.25, 0.3) is 28.1 Å². The molecule has 0 saturated carbocycles. The molecule has 0 radical (unpaired) electrons. The van der Waals surface area contributed by atoms with Crippen LogP contribution in [0.15, 0.2) is 61.2 Å². The Morgan fingerprint density at radius 2 is 1.79 bits per heavy atom. The van der Waals surface area contributed by atoms with E-state index in [4.69, 9.17) is 4.98 Å². The van der Waals surface area contributed by atoms with Crippen LogP contribution in [0.2, 0.25) is 0 Å². The minimum Gasteiger partial charge on any atom is -0.248 e. The molecule has 1 aromatic heterocycles. The number of hydrogen-bond acceptors (Lipinski definition) is 1. The Balaban J connectivity index is 2.02. The predicted molar refractivity (Wildman–Crippen MR) is 105 cm³/mol. The molecule has 0 spiro atoms. The fourth-order valence-electron chi connectivity index (χ4n) is 3.17. The summed E-state index contributed by atoms with van der Waals surface area (Å²) in [6, 6.07) is 19.4. The number of benzene rings is 2. The zero-order valence-electron chi connectivity index (χ0n) is 14.5. The fourth-order valence-corrected chi connectivity index (χ4v) is 3.17. The maximum Gasteiger partial charge on any atom is 0.0715 e. The van der Waals surface area contributed by atoms with E-state index in [1.807, 2.05) is 6.08 Å². The van der Waals surface area contributed by atoms with Gasteiger partial charge in [0.15, 0.2) is 0 Å². The van der Waals surface area contributed by atoms with Crippen molar-refractivity contribution in [3.05, 3.63) is 72.4 Å². The van der Waals surface area contributed by atoms with Crippen LogP contribution in [-0.2, 0) is 6.42 Å². The van der Waals surface area contributed by atoms with Crippen molar-refractivity contribution in [2.24, 2.45) is 0 Å². The van der Waals surface area contributed by atoms with E-state index in [2.05, 4.69) is 68.1 Å². The highest BCUT2D eigenvalue weighted by atomic mass is 14.7. The number of fused-ring (bicyclic) bond motifs is 1. The van der Waals surface area contributed by atoms with Gasteiger partial charge < -0.3 is 0 Å². The highest BCUT2D eigenvalue weighted by molar-refractivity contribution is 5.95. The second-order valence-corrected chi connectivity index (χ2v) is 6.33. The standard InChI is InChI=1S/C23H25N/c1-3-5-6-8-11-18-14-15-23-22(16-18)21(17-20(4-2)24-23)19-12-9-7-10-13-19/h4,7,9-10,12-17H,2-3,5-6,8,11H2,1H3. The Hall–Kier alpha value is -2.41. The smallest absolute Gasteiger partial charge is 0.0715 e. The van der Waals surface area contributed by atoms with Crippen molar-refractivity contribution in [3.63, 3.8) is 0 Å². The van der Waals surface area contributed by atoms with Gasteiger partial charge in [-0.05, 0) is 53.8 Å². The Morgan fingerprint density at radius 1 is 0.958 bits per heavy atom. The van der Waals surface area contributed by atoms with Gasteiger partial charge in [-0.25, -0.2) is 4.98 Å². The lowest BCUT2D eigenvalue weighted by molar-refractivity contribution is 0.667. The number of aryl methyl sites for hydroxylation is 1. The SMILES string of the molecule is C=Cc1cc(-c2ccccc2)c2cc(CCCCCC)ccc2n1. The molecule has 24 heavy (non-hydrogen) atoms. The van der Waals surface area contributed by atoms with Crippen LogP contribution in [0.4, 0.5) is 0 Å². The van der Waals surface area contributed by atoms with E-state index in [1.54, 1.807) is 0 Å². The Bertz CT molecular complexity index is 818. The summed E-state index contributed by atoms with van der Waals surface area (Å²) in [4.78, 5) is 4.71. The van der Waals surface area contributed by atoms with E-state index in [0.29, 0.717) is 0 Å². The minimum atomic E-state index is 0.928. The fraction of sp³-hybridized carbons (Fsp3) is 0.261. The Kier molecular flexibility index (Phi) is 5.43. The normalized spacial score (nSPS) is 10.9. The summed E-state index contributed by atoms with van der Waals surface area (Å²) in [6.07, 6.45) is 8.15. The van der Waals surface area contributed by atoms with Crippen molar-refractivity contribution in [2.75, 3.05) is 0 Å².